The summed E-state index contributed by atoms with van der Waals surface area (Å²) in [7, 11) is 0. The summed E-state index contributed by atoms with van der Waals surface area (Å²) in [4.78, 5) is 52.3. The molecule has 3 rings (SSSR count). The van der Waals surface area contributed by atoms with Crippen LogP contribution < -0.4 is 10.2 Å². The molecule has 0 spiro atoms. The van der Waals surface area contributed by atoms with E-state index in [1.807, 2.05) is 49.4 Å². The summed E-state index contributed by atoms with van der Waals surface area (Å²) in [6.07, 6.45) is 0.343. The van der Waals surface area contributed by atoms with E-state index in [4.69, 9.17) is 0 Å². The maximum absolute atomic E-state index is 12.8. The number of hydrogen-bond donors (Lipinski definition) is 1. The van der Waals surface area contributed by atoms with Gasteiger partial charge in [0.05, 0.1) is 6.04 Å². The third kappa shape index (κ3) is 4.56. The lowest BCUT2D eigenvalue weighted by atomic mass is 10.0. The van der Waals surface area contributed by atoms with Gasteiger partial charge in [0, 0.05) is 5.69 Å². The largest absolute Gasteiger partial charge is 0.344 e. The minimum absolute atomic E-state index is 0.194. The van der Waals surface area contributed by atoms with Crippen LogP contribution in [0.25, 0.3) is 0 Å². The van der Waals surface area contributed by atoms with Crippen LogP contribution in [-0.2, 0) is 20.8 Å². The predicted octanol–water partition coefficient (Wildman–Crippen LogP) is 2.47. The number of imide groups is 1. The predicted molar refractivity (Wildman–Crippen MR) is 113 cm³/mol. The van der Waals surface area contributed by atoms with Gasteiger partial charge in [-0.15, -0.1) is 0 Å². The monoisotopic (exact) mass is 407 g/mol. The van der Waals surface area contributed by atoms with Gasteiger partial charge in [0.2, 0.25) is 5.91 Å². The van der Waals surface area contributed by atoms with Crippen molar-refractivity contribution in [2.45, 2.75) is 39.3 Å². The highest BCUT2D eigenvalue weighted by Crippen LogP contribution is 2.25. The lowest BCUT2D eigenvalue weighted by molar-refractivity contribution is -0.133. The summed E-state index contributed by atoms with van der Waals surface area (Å²) in [6.45, 7) is 4.54. The number of carbonyl (C=O) groups excluding carboxylic acids is 4. The van der Waals surface area contributed by atoms with Gasteiger partial charge in [0.15, 0.2) is 5.78 Å². The maximum atomic E-state index is 12.8. The molecule has 2 atom stereocenters. The zero-order valence-electron chi connectivity index (χ0n) is 17.3. The number of ketones is 1. The van der Waals surface area contributed by atoms with Crippen molar-refractivity contribution in [1.29, 1.82) is 0 Å². The van der Waals surface area contributed by atoms with E-state index in [0.717, 1.165) is 16.0 Å². The molecule has 1 saturated heterocycles. The lowest BCUT2D eigenvalue weighted by Crippen LogP contribution is -2.47. The highest BCUT2D eigenvalue weighted by Gasteiger charge is 2.44. The molecule has 1 fully saturated rings. The summed E-state index contributed by atoms with van der Waals surface area (Å²) in [5, 5.41) is 2.66. The third-order valence-corrected chi connectivity index (χ3v) is 5.17. The Kier molecular flexibility index (Phi) is 6.30. The Labute approximate surface area is 175 Å². The van der Waals surface area contributed by atoms with Gasteiger partial charge in [-0.05, 0) is 44.9 Å². The second kappa shape index (κ2) is 8.90. The van der Waals surface area contributed by atoms with E-state index in [1.54, 1.807) is 19.1 Å². The molecule has 4 amide bonds. The maximum Gasteiger partial charge on any atom is 0.332 e. The number of nitrogens with one attached hydrogen (secondary N) is 1. The molecule has 7 heteroatoms. The molecule has 0 bridgehead atoms. The van der Waals surface area contributed by atoms with Gasteiger partial charge in [-0.25, -0.2) is 4.79 Å². The third-order valence-electron chi connectivity index (χ3n) is 5.17. The SMILES string of the molecule is CC(=O)[C@@H](Cc1ccccc1)NC(=O)CN1C(=O)[C@@H](C)N(c2ccc(C)cc2)C1=O. The number of aryl methyl sites for hydroxylation is 1. The van der Waals surface area contributed by atoms with Gasteiger partial charge in [-0.2, -0.15) is 0 Å². The Bertz CT molecular complexity index is 956. The Balaban J connectivity index is 1.69. The fourth-order valence-corrected chi connectivity index (χ4v) is 3.44. The molecule has 156 valence electrons. The molecule has 0 aromatic heterocycles. The van der Waals surface area contributed by atoms with Crippen molar-refractivity contribution in [3.05, 3.63) is 65.7 Å². The van der Waals surface area contributed by atoms with E-state index in [-0.39, 0.29) is 5.78 Å². The van der Waals surface area contributed by atoms with Crippen LogP contribution in [0.4, 0.5) is 10.5 Å². The Morgan fingerprint density at radius 3 is 2.27 bits per heavy atom. The van der Waals surface area contributed by atoms with Gasteiger partial charge in [-0.1, -0.05) is 48.0 Å². The molecule has 0 unspecified atom stereocenters. The van der Waals surface area contributed by atoms with Crippen molar-refractivity contribution >= 4 is 29.3 Å². The second-order valence-corrected chi connectivity index (χ2v) is 7.51. The van der Waals surface area contributed by atoms with Crippen molar-refractivity contribution < 1.29 is 19.2 Å². The Morgan fingerprint density at radius 1 is 1.03 bits per heavy atom. The number of hydrogen-bond acceptors (Lipinski definition) is 4. The number of anilines is 1. The highest BCUT2D eigenvalue weighted by molar-refractivity contribution is 6.15. The number of carbonyl (C=O) groups is 4. The molecular weight excluding hydrogens is 382 g/mol. The smallest absolute Gasteiger partial charge is 0.332 e. The summed E-state index contributed by atoms with van der Waals surface area (Å²) < 4.78 is 0. The first-order chi connectivity index (χ1) is 14.3. The second-order valence-electron chi connectivity index (χ2n) is 7.51. The molecule has 1 aliphatic rings. The number of benzene rings is 2. The molecule has 0 radical (unpaired) electrons. The summed E-state index contributed by atoms with van der Waals surface area (Å²) in [5.74, 6) is -1.19. The van der Waals surface area contributed by atoms with Gasteiger partial charge < -0.3 is 5.32 Å². The Hall–Kier alpha value is -3.48. The van der Waals surface area contributed by atoms with Crippen molar-refractivity contribution in [2.75, 3.05) is 11.4 Å². The highest BCUT2D eigenvalue weighted by atomic mass is 16.2. The first-order valence-electron chi connectivity index (χ1n) is 9.83. The average Bonchev–Trinajstić information content (AvgIpc) is 2.92. The van der Waals surface area contributed by atoms with Gasteiger partial charge >= 0.3 is 6.03 Å². The molecule has 1 aliphatic heterocycles. The average molecular weight is 407 g/mol. The van der Waals surface area contributed by atoms with Crippen LogP contribution >= 0.6 is 0 Å². The summed E-state index contributed by atoms with van der Waals surface area (Å²) in [5.41, 5.74) is 2.54. The zero-order chi connectivity index (χ0) is 21.8. The van der Waals surface area contributed by atoms with E-state index >= 15 is 0 Å². The van der Waals surface area contributed by atoms with Gasteiger partial charge in [0.25, 0.3) is 5.91 Å². The quantitative estimate of drug-likeness (QED) is 0.715. The fourth-order valence-electron chi connectivity index (χ4n) is 3.44. The van der Waals surface area contributed by atoms with E-state index < -0.39 is 36.5 Å². The standard InChI is InChI=1S/C23H25N3O4/c1-15-9-11-19(12-10-15)26-16(2)22(29)25(23(26)30)14-21(28)24-20(17(3)27)13-18-7-5-4-6-8-18/h4-12,16,20H,13-14H2,1-3H3,(H,24,28)/t16-,20-/m1/s1. The van der Waals surface area contributed by atoms with Crippen molar-refractivity contribution in [3.63, 3.8) is 0 Å². The Morgan fingerprint density at radius 2 is 1.67 bits per heavy atom. The summed E-state index contributed by atoms with van der Waals surface area (Å²) >= 11 is 0. The van der Waals surface area contributed by atoms with Gasteiger partial charge in [0.1, 0.15) is 12.6 Å². The molecule has 2 aromatic carbocycles. The zero-order valence-corrected chi connectivity index (χ0v) is 17.3. The number of rotatable bonds is 7. The van der Waals surface area contributed by atoms with Crippen LogP contribution in [0.15, 0.2) is 54.6 Å². The normalized spacial score (nSPS) is 17.2. The minimum Gasteiger partial charge on any atom is -0.344 e. The van der Waals surface area contributed by atoms with Crippen molar-refractivity contribution in [1.82, 2.24) is 10.2 Å². The minimum atomic E-state index is -0.724. The van der Waals surface area contributed by atoms with Crippen LogP contribution in [0.2, 0.25) is 0 Å². The first kappa shape index (κ1) is 21.2. The van der Waals surface area contributed by atoms with E-state index in [9.17, 15) is 19.2 Å². The molecule has 30 heavy (non-hydrogen) atoms. The molecule has 7 nitrogen and oxygen atoms in total. The van der Waals surface area contributed by atoms with Crippen LogP contribution in [0, 0.1) is 6.92 Å². The first-order valence-corrected chi connectivity index (χ1v) is 9.83. The molecule has 1 heterocycles. The molecule has 2 aromatic rings. The van der Waals surface area contributed by atoms with Crippen LogP contribution in [0.1, 0.15) is 25.0 Å². The number of amides is 4. The van der Waals surface area contributed by atoms with Crippen LogP contribution in [0.5, 0.6) is 0 Å². The fraction of sp³-hybridized carbons (Fsp3) is 0.304. The summed E-state index contributed by atoms with van der Waals surface area (Å²) in [6, 6.07) is 14.6. The number of urea groups is 1. The van der Waals surface area contributed by atoms with Gasteiger partial charge in [-0.3, -0.25) is 24.2 Å². The van der Waals surface area contributed by atoms with E-state index in [2.05, 4.69) is 5.32 Å². The number of Topliss-reactive ketones (excluding diaryl/α,β-unsaturated/α-hetero) is 1. The molecule has 0 aliphatic carbocycles. The molecule has 0 saturated carbocycles. The topological polar surface area (TPSA) is 86.8 Å². The van der Waals surface area contributed by atoms with Crippen molar-refractivity contribution in [3.8, 4) is 0 Å². The van der Waals surface area contributed by atoms with Crippen LogP contribution in [0.3, 0.4) is 0 Å². The van der Waals surface area contributed by atoms with Crippen molar-refractivity contribution in [2.24, 2.45) is 0 Å². The van der Waals surface area contributed by atoms with E-state index in [1.165, 1.54) is 11.8 Å². The van der Waals surface area contributed by atoms with Crippen LogP contribution in [-0.4, -0.2) is 47.2 Å². The molecular formula is C23H25N3O4. The number of nitrogens with zero attached hydrogens (tertiary/aromatic N) is 2. The van der Waals surface area contributed by atoms with E-state index in [0.29, 0.717) is 12.1 Å². The molecule has 1 N–H and O–H groups in total. The lowest BCUT2D eigenvalue weighted by Gasteiger charge is -2.20.